The first kappa shape index (κ1) is 41.8. The number of benzene rings is 3. The van der Waals surface area contributed by atoms with Crippen molar-refractivity contribution in [2.45, 2.75) is 30.7 Å². The Labute approximate surface area is 307 Å². The van der Waals surface area contributed by atoms with Crippen LogP contribution in [-0.4, -0.2) is 115 Å². The largest absolute Gasteiger partial charge is 0.549 e. The first-order chi connectivity index (χ1) is 25.3. The quantitative estimate of drug-likeness (QED) is 0.0637. The number of unbranched alkanes of at least 4 members (excludes halogenated alkanes) is 1. The summed E-state index contributed by atoms with van der Waals surface area (Å²) in [6.07, 6.45) is 0.524. The van der Waals surface area contributed by atoms with Crippen molar-refractivity contribution in [3.63, 3.8) is 0 Å². The Hall–Kier alpha value is -5.64. The number of amides is 1. The van der Waals surface area contributed by atoms with E-state index in [9.17, 15) is 54.3 Å². The zero-order valence-electron chi connectivity index (χ0n) is 29.1. The molecule has 0 fully saturated rings. The number of carboxylic acids is 5. The molecule has 0 saturated heterocycles. The van der Waals surface area contributed by atoms with Crippen LogP contribution >= 0.6 is 0 Å². The Morgan fingerprint density at radius 2 is 0.887 bits per heavy atom. The molecule has 15 nitrogen and oxygen atoms in total. The van der Waals surface area contributed by atoms with Gasteiger partial charge >= 0.3 is 0 Å². The molecule has 284 valence electrons. The number of hydrogen-bond acceptors (Lipinski definition) is 14. The fourth-order valence-corrected chi connectivity index (χ4v) is 6.33. The Morgan fingerprint density at radius 1 is 0.528 bits per heavy atom. The molecule has 3 aromatic carbocycles. The van der Waals surface area contributed by atoms with Gasteiger partial charge < -0.3 is 54.8 Å². The maximum Gasteiger partial charge on any atom is 0.239 e. The van der Waals surface area contributed by atoms with Gasteiger partial charge in [0.15, 0.2) is 0 Å². The van der Waals surface area contributed by atoms with Crippen molar-refractivity contribution >= 4 is 35.8 Å². The van der Waals surface area contributed by atoms with Gasteiger partial charge in [-0.3, -0.25) is 19.5 Å². The highest BCUT2D eigenvalue weighted by atomic mass is 16.4. The van der Waals surface area contributed by atoms with E-state index in [2.05, 4.69) is 5.32 Å². The average Bonchev–Trinajstić information content (AvgIpc) is 3.10. The molecule has 1 N–H and O–H groups in total. The third-order valence-corrected chi connectivity index (χ3v) is 8.68. The Kier molecular flexibility index (Phi) is 16.6. The van der Waals surface area contributed by atoms with Crippen LogP contribution in [0.15, 0.2) is 91.0 Å². The van der Waals surface area contributed by atoms with Gasteiger partial charge in [-0.1, -0.05) is 91.0 Å². The zero-order chi connectivity index (χ0) is 38.8. The SMILES string of the molecule is O=C([O-])CN(CCN(CCN(CC(=O)[O-])CC(=O)[O-])C(CCCCNC(=O)C(c1ccccc1)(c1ccccc1)c1ccccc1)C(=O)[O-])CC(=O)[O-]. The van der Waals surface area contributed by atoms with Crippen molar-refractivity contribution in [3.05, 3.63) is 108 Å². The van der Waals surface area contributed by atoms with Gasteiger partial charge in [0.1, 0.15) is 5.41 Å². The Balaban J connectivity index is 1.79. The smallest absolute Gasteiger partial charge is 0.239 e. The van der Waals surface area contributed by atoms with Gasteiger partial charge in [0.2, 0.25) is 5.91 Å². The highest BCUT2D eigenvalue weighted by molar-refractivity contribution is 5.96. The highest BCUT2D eigenvalue weighted by Crippen LogP contribution is 2.39. The molecule has 0 spiro atoms. The van der Waals surface area contributed by atoms with Gasteiger partial charge in [0.25, 0.3) is 0 Å². The van der Waals surface area contributed by atoms with Crippen LogP contribution in [0.25, 0.3) is 0 Å². The lowest BCUT2D eigenvalue weighted by atomic mass is 9.68. The van der Waals surface area contributed by atoms with Gasteiger partial charge in [0.05, 0.1) is 29.8 Å². The lowest BCUT2D eigenvalue weighted by Crippen LogP contribution is -2.54. The van der Waals surface area contributed by atoms with E-state index in [0.717, 1.165) is 26.5 Å². The van der Waals surface area contributed by atoms with Crippen LogP contribution in [0.5, 0.6) is 0 Å². The number of aliphatic carboxylic acids is 5. The van der Waals surface area contributed by atoms with E-state index in [0.29, 0.717) is 6.42 Å². The summed E-state index contributed by atoms with van der Waals surface area (Å²) in [5.41, 5.74) is 0.987. The first-order valence-corrected chi connectivity index (χ1v) is 17.0. The summed E-state index contributed by atoms with van der Waals surface area (Å²) in [7, 11) is 0. The van der Waals surface area contributed by atoms with Crippen molar-refractivity contribution in [2.24, 2.45) is 0 Å². The molecule has 0 aliphatic carbocycles. The van der Waals surface area contributed by atoms with E-state index >= 15 is 0 Å². The summed E-state index contributed by atoms with van der Waals surface area (Å²) < 4.78 is 0. The van der Waals surface area contributed by atoms with Gasteiger partial charge in [-0.2, -0.15) is 0 Å². The van der Waals surface area contributed by atoms with Gasteiger partial charge in [0, 0.05) is 64.9 Å². The lowest BCUT2D eigenvalue weighted by molar-refractivity contribution is -0.314. The number of carboxylic acid groups (broad SMARTS) is 5. The summed E-state index contributed by atoms with van der Waals surface area (Å²) in [4.78, 5) is 74.9. The Morgan fingerprint density at radius 3 is 1.21 bits per heavy atom. The lowest BCUT2D eigenvalue weighted by Gasteiger charge is -2.36. The number of nitrogens with one attached hydrogen (secondary N) is 1. The molecule has 1 amide bonds. The summed E-state index contributed by atoms with van der Waals surface area (Å²) in [5.74, 6) is -8.16. The second kappa shape index (κ2) is 21.0. The predicted molar refractivity (Wildman–Crippen MR) is 179 cm³/mol. The van der Waals surface area contributed by atoms with Crippen molar-refractivity contribution in [3.8, 4) is 0 Å². The minimum Gasteiger partial charge on any atom is -0.549 e. The van der Waals surface area contributed by atoms with Crippen LogP contribution in [0.4, 0.5) is 0 Å². The third-order valence-electron chi connectivity index (χ3n) is 8.68. The molecule has 0 aliphatic heterocycles. The van der Waals surface area contributed by atoms with Crippen molar-refractivity contribution in [2.75, 3.05) is 58.9 Å². The van der Waals surface area contributed by atoms with E-state index in [1.165, 1.54) is 4.90 Å². The summed E-state index contributed by atoms with van der Waals surface area (Å²) in [6.45, 7) is -4.03. The van der Waals surface area contributed by atoms with Crippen molar-refractivity contribution in [1.29, 1.82) is 0 Å². The zero-order valence-corrected chi connectivity index (χ0v) is 29.1. The summed E-state index contributed by atoms with van der Waals surface area (Å²) in [5, 5.41) is 60.3. The molecule has 1 atom stereocenters. The van der Waals surface area contributed by atoms with Gasteiger partial charge in [-0.05, 0) is 36.0 Å². The van der Waals surface area contributed by atoms with Crippen LogP contribution in [0.3, 0.4) is 0 Å². The number of carbonyl (C=O) groups is 6. The van der Waals surface area contributed by atoms with Crippen LogP contribution in [-0.2, 0) is 34.2 Å². The Bertz CT molecular complexity index is 1490. The molecule has 0 heterocycles. The van der Waals surface area contributed by atoms with E-state index in [1.54, 1.807) is 0 Å². The molecular weight excluding hydrogens is 688 g/mol. The maximum absolute atomic E-state index is 14.4. The molecule has 0 aromatic heterocycles. The standard InChI is InChI=1S/C38H46N4O11/c43-32(44)24-40(25-33(45)46)20-22-42(23-21-41(26-34(47)48)27-35(49)50)31(36(51)52)18-10-11-19-39-37(53)38(28-12-4-1-5-13-28,29-14-6-2-7-15-29)30-16-8-3-9-17-30/h1-9,12-17,31H,10-11,18-27H2,(H,39,53)(H,43,44)(H,45,46)(H,47,48)(H,49,50)(H,51,52)/p-5. The maximum atomic E-state index is 14.4. The molecule has 0 saturated carbocycles. The molecule has 0 bridgehead atoms. The second-order valence-electron chi connectivity index (χ2n) is 12.4. The van der Waals surface area contributed by atoms with Crippen LogP contribution in [0.1, 0.15) is 36.0 Å². The summed E-state index contributed by atoms with van der Waals surface area (Å²) >= 11 is 0. The van der Waals surface area contributed by atoms with Gasteiger partial charge in [-0.25, -0.2) is 0 Å². The van der Waals surface area contributed by atoms with Crippen LogP contribution in [0.2, 0.25) is 0 Å². The first-order valence-electron chi connectivity index (χ1n) is 17.0. The minimum absolute atomic E-state index is 0.0403. The molecule has 15 heteroatoms. The predicted octanol–water partition coefficient (Wildman–Crippen LogP) is -4.67. The molecule has 3 aromatic rings. The van der Waals surface area contributed by atoms with Crippen molar-refractivity contribution in [1.82, 2.24) is 20.0 Å². The number of hydrogen-bond donors (Lipinski definition) is 1. The van der Waals surface area contributed by atoms with E-state index < -0.39 is 67.5 Å². The molecule has 3 rings (SSSR count). The molecule has 53 heavy (non-hydrogen) atoms. The fraction of sp³-hybridized carbons (Fsp3) is 0.368. The topological polar surface area (TPSA) is 239 Å². The highest BCUT2D eigenvalue weighted by Gasteiger charge is 2.43. The molecule has 1 unspecified atom stereocenters. The van der Waals surface area contributed by atoms with E-state index in [1.807, 2.05) is 91.0 Å². The second-order valence-corrected chi connectivity index (χ2v) is 12.4. The fourth-order valence-electron chi connectivity index (χ4n) is 6.33. The molecule has 0 aliphatic rings. The van der Waals surface area contributed by atoms with Crippen LogP contribution in [0, 0.1) is 0 Å². The van der Waals surface area contributed by atoms with Crippen LogP contribution < -0.4 is 30.8 Å². The monoisotopic (exact) mass is 729 g/mol. The summed E-state index contributed by atoms with van der Waals surface area (Å²) in [6, 6.07) is 26.6. The number of carbonyl (C=O) groups excluding carboxylic acids is 6. The van der Waals surface area contributed by atoms with Gasteiger partial charge in [-0.15, -0.1) is 0 Å². The van der Waals surface area contributed by atoms with E-state index in [-0.39, 0.29) is 51.5 Å². The third kappa shape index (κ3) is 12.8. The minimum atomic E-state index is -1.58. The average molecular weight is 730 g/mol. The molecule has 0 radical (unpaired) electrons. The number of rotatable bonds is 25. The normalized spacial score (nSPS) is 12.1. The number of nitrogens with zero attached hydrogens (tertiary/aromatic N) is 3. The van der Waals surface area contributed by atoms with Crippen molar-refractivity contribution < 1.29 is 54.3 Å². The molecular formula is C38H41N4O11-5. The van der Waals surface area contributed by atoms with E-state index in [4.69, 9.17) is 0 Å².